The SMILES string of the molecule is CCCOC(C)c1cc(C)cc(C)c1OC(=O)Oc1c(C)cc(C)cc1C(C)OCCC. The van der Waals surface area contributed by atoms with Crippen LogP contribution >= 0.6 is 0 Å². The molecule has 0 bridgehead atoms. The Balaban J connectivity index is 2.32. The molecule has 0 heterocycles. The van der Waals surface area contributed by atoms with Crippen LogP contribution in [-0.4, -0.2) is 19.4 Å². The molecule has 176 valence electrons. The fourth-order valence-corrected chi connectivity index (χ4v) is 3.81. The van der Waals surface area contributed by atoms with Crippen molar-refractivity contribution < 1.29 is 23.7 Å². The van der Waals surface area contributed by atoms with Crippen LogP contribution < -0.4 is 9.47 Å². The summed E-state index contributed by atoms with van der Waals surface area (Å²) in [4.78, 5) is 12.9. The first-order chi connectivity index (χ1) is 15.2. The lowest BCUT2D eigenvalue weighted by Gasteiger charge is -2.21. The summed E-state index contributed by atoms with van der Waals surface area (Å²) in [6.07, 6.45) is 0.671. The number of rotatable bonds is 10. The Morgan fingerprint density at radius 3 is 1.44 bits per heavy atom. The molecule has 0 radical (unpaired) electrons. The molecule has 2 aromatic rings. The van der Waals surface area contributed by atoms with E-state index in [2.05, 4.69) is 13.8 Å². The number of carbonyl (C=O) groups is 1. The number of hydrogen-bond donors (Lipinski definition) is 0. The van der Waals surface area contributed by atoms with Crippen molar-refractivity contribution in [2.75, 3.05) is 13.2 Å². The molecule has 2 rings (SSSR count). The first-order valence-corrected chi connectivity index (χ1v) is 11.5. The molecule has 0 N–H and O–H groups in total. The van der Waals surface area contributed by atoms with Crippen LogP contribution in [0.4, 0.5) is 4.79 Å². The maximum Gasteiger partial charge on any atom is 0.519 e. The van der Waals surface area contributed by atoms with Gasteiger partial charge < -0.3 is 18.9 Å². The van der Waals surface area contributed by atoms with E-state index in [9.17, 15) is 4.79 Å². The van der Waals surface area contributed by atoms with Gasteiger partial charge in [-0.3, -0.25) is 0 Å². The Kier molecular flexibility index (Phi) is 9.73. The van der Waals surface area contributed by atoms with Crippen molar-refractivity contribution in [2.24, 2.45) is 0 Å². The molecule has 0 aromatic heterocycles. The van der Waals surface area contributed by atoms with Gasteiger partial charge in [0, 0.05) is 24.3 Å². The van der Waals surface area contributed by atoms with Crippen LogP contribution in [0.2, 0.25) is 0 Å². The average molecular weight is 443 g/mol. The third-order valence-corrected chi connectivity index (χ3v) is 5.29. The minimum absolute atomic E-state index is 0.199. The predicted octanol–water partition coefficient (Wildman–Crippen LogP) is 7.47. The highest BCUT2D eigenvalue weighted by atomic mass is 16.7. The Morgan fingerprint density at radius 1 is 0.719 bits per heavy atom. The molecule has 2 unspecified atom stereocenters. The first kappa shape index (κ1) is 25.9. The van der Waals surface area contributed by atoms with Crippen molar-refractivity contribution in [3.8, 4) is 11.5 Å². The number of hydrogen-bond acceptors (Lipinski definition) is 5. The van der Waals surface area contributed by atoms with Gasteiger partial charge in [0.2, 0.25) is 0 Å². The molecule has 0 spiro atoms. The van der Waals surface area contributed by atoms with Gasteiger partial charge in [-0.05, 0) is 77.6 Å². The molecule has 5 heteroatoms. The quantitative estimate of drug-likeness (QED) is 0.282. The van der Waals surface area contributed by atoms with Gasteiger partial charge in [0.1, 0.15) is 11.5 Å². The Bertz CT molecular complexity index is 845. The van der Waals surface area contributed by atoms with Gasteiger partial charge in [-0.2, -0.15) is 0 Å². The maximum atomic E-state index is 12.9. The Hall–Kier alpha value is -2.37. The van der Waals surface area contributed by atoms with Crippen molar-refractivity contribution in [3.05, 3.63) is 57.6 Å². The van der Waals surface area contributed by atoms with Crippen LogP contribution in [0.5, 0.6) is 11.5 Å². The molecule has 2 atom stereocenters. The summed E-state index contributed by atoms with van der Waals surface area (Å²) in [5.74, 6) is 0.983. The molecule has 0 saturated carbocycles. The molecule has 0 aliphatic rings. The smallest absolute Gasteiger partial charge is 0.394 e. The molecule has 0 saturated heterocycles. The van der Waals surface area contributed by atoms with E-state index in [1.807, 2.05) is 65.8 Å². The zero-order chi connectivity index (χ0) is 23.8. The highest BCUT2D eigenvalue weighted by Gasteiger charge is 2.22. The fraction of sp³-hybridized carbons (Fsp3) is 0.519. The van der Waals surface area contributed by atoms with Gasteiger partial charge in [0.25, 0.3) is 0 Å². The summed E-state index contributed by atoms with van der Waals surface area (Å²) in [5, 5.41) is 0. The minimum Gasteiger partial charge on any atom is -0.394 e. The van der Waals surface area contributed by atoms with Gasteiger partial charge in [0.15, 0.2) is 0 Å². The lowest BCUT2D eigenvalue weighted by molar-refractivity contribution is 0.0626. The van der Waals surface area contributed by atoms with E-state index in [0.29, 0.717) is 24.7 Å². The molecular formula is C27H38O5. The van der Waals surface area contributed by atoms with Crippen LogP contribution in [0.25, 0.3) is 0 Å². The van der Waals surface area contributed by atoms with Crippen LogP contribution in [0.1, 0.15) is 86.1 Å². The summed E-state index contributed by atoms with van der Waals surface area (Å²) in [5.41, 5.74) is 5.59. The molecule has 0 aliphatic heterocycles. The predicted molar refractivity (Wildman–Crippen MR) is 128 cm³/mol. The number of carbonyl (C=O) groups excluding carboxylic acids is 1. The maximum absolute atomic E-state index is 12.9. The lowest BCUT2D eigenvalue weighted by Crippen LogP contribution is -2.18. The zero-order valence-corrected chi connectivity index (χ0v) is 20.8. The molecule has 0 amide bonds. The molecule has 5 nitrogen and oxygen atoms in total. The van der Waals surface area contributed by atoms with Crippen molar-refractivity contribution in [2.45, 2.75) is 80.4 Å². The number of benzene rings is 2. The normalized spacial score (nSPS) is 13.0. The third-order valence-electron chi connectivity index (χ3n) is 5.29. The van der Waals surface area contributed by atoms with Crippen LogP contribution in [0.15, 0.2) is 24.3 Å². The zero-order valence-electron chi connectivity index (χ0n) is 20.8. The van der Waals surface area contributed by atoms with Crippen molar-refractivity contribution >= 4 is 6.16 Å². The monoisotopic (exact) mass is 442 g/mol. The highest BCUT2D eigenvalue weighted by molar-refractivity contribution is 5.70. The van der Waals surface area contributed by atoms with E-state index in [4.69, 9.17) is 18.9 Å². The lowest BCUT2D eigenvalue weighted by atomic mass is 10.0. The van der Waals surface area contributed by atoms with Gasteiger partial charge in [-0.25, -0.2) is 4.79 Å². The first-order valence-electron chi connectivity index (χ1n) is 11.5. The molecule has 32 heavy (non-hydrogen) atoms. The summed E-state index contributed by atoms with van der Waals surface area (Å²) in [7, 11) is 0. The summed E-state index contributed by atoms with van der Waals surface area (Å²) in [6, 6.07) is 7.97. The summed E-state index contributed by atoms with van der Waals surface area (Å²) < 4.78 is 23.3. The van der Waals surface area contributed by atoms with Gasteiger partial charge in [-0.15, -0.1) is 0 Å². The number of aryl methyl sites for hydroxylation is 4. The van der Waals surface area contributed by atoms with E-state index < -0.39 is 6.16 Å². The second-order valence-corrected chi connectivity index (χ2v) is 8.48. The topological polar surface area (TPSA) is 54.0 Å². The molecular weight excluding hydrogens is 404 g/mol. The largest absolute Gasteiger partial charge is 0.519 e. The Morgan fingerprint density at radius 2 is 1.09 bits per heavy atom. The second kappa shape index (κ2) is 12.0. The average Bonchev–Trinajstić information content (AvgIpc) is 2.73. The third kappa shape index (κ3) is 6.81. The van der Waals surface area contributed by atoms with Crippen molar-refractivity contribution in [3.63, 3.8) is 0 Å². The van der Waals surface area contributed by atoms with Crippen LogP contribution in [-0.2, 0) is 9.47 Å². The minimum atomic E-state index is -0.767. The van der Waals surface area contributed by atoms with E-state index in [1.165, 1.54) is 0 Å². The standard InChI is InChI=1S/C27H38O5/c1-9-11-29-21(7)23-15-17(3)13-19(5)25(23)31-27(28)32-26-20(6)14-18(4)16-24(26)22(8)30-12-10-2/h13-16,21-22H,9-12H2,1-8H3. The van der Waals surface area contributed by atoms with Gasteiger partial charge in [0.05, 0.1) is 12.2 Å². The van der Waals surface area contributed by atoms with E-state index >= 15 is 0 Å². The van der Waals surface area contributed by atoms with Crippen molar-refractivity contribution in [1.82, 2.24) is 0 Å². The van der Waals surface area contributed by atoms with Crippen LogP contribution in [0, 0.1) is 27.7 Å². The summed E-state index contributed by atoms with van der Waals surface area (Å²) in [6.45, 7) is 17.2. The van der Waals surface area contributed by atoms with Gasteiger partial charge >= 0.3 is 6.16 Å². The second-order valence-electron chi connectivity index (χ2n) is 8.48. The van der Waals surface area contributed by atoms with Crippen LogP contribution in [0.3, 0.4) is 0 Å². The molecule has 0 fully saturated rings. The van der Waals surface area contributed by atoms with Gasteiger partial charge in [-0.1, -0.05) is 37.1 Å². The van der Waals surface area contributed by atoms with E-state index in [1.54, 1.807) is 0 Å². The molecule has 2 aromatic carbocycles. The van der Waals surface area contributed by atoms with E-state index in [-0.39, 0.29) is 12.2 Å². The van der Waals surface area contributed by atoms with Crippen molar-refractivity contribution in [1.29, 1.82) is 0 Å². The molecule has 0 aliphatic carbocycles. The number of ether oxygens (including phenoxy) is 4. The Labute approximate surface area is 193 Å². The highest BCUT2D eigenvalue weighted by Crippen LogP contribution is 2.35. The summed E-state index contributed by atoms with van der Waals surface area (Å²) >= 11 is 0. The van der Waals surface area contributed by atoms with E-state index in [0.717, 1.165) is 46.2 Å². The fourth-order valence-electron chi connectivity index (χ4n) is 3.81.